The fourth-order valence-electron chi connectivity index (χ4n) is 1.33. The molecule has 1 heterocycles. The highest BCUT2D eigenvalue weighted by atomic mass is 16.5. The number of pyridine rings is 1. The van der Waals surface area contributed by atoms with Gasteiger partial charge in [-0.15, -0.1) is 0 Å². The Morgan fingerprint density at radius 1 is 1.23 bits per heavy atom. The van der Waals surface area contributed by atoms with E-state index < -0.39 is 0 Å². The third-order valence-corrected chi connectivity index (χ3v) is 2.05. The second kappa shape index (κ2) is 2.62. The van der Waals surface area contributed by atoms with E-state index in [-0.39, 0.29) is 5.75 Å². The molecule has 2 aromatic rings. The molecule has 0 saturated heterocycles. The van der Waals surface area contributed by atoms with E-state index in [1.165, 1.54) is 6.07 Å². The number of aryl methyl sites for hydroxylation is 1. The number of nitrogens with zero attached hydrogens (tertiary/aromatic N) is 1. The fraction of sp³-hybridized carbons (Fsp3) is 0.100. The predicted molar refractivity (Wildman–Crippen MR) is 49.3 cm³/mol. The van der Waals surface area contributed by atoms with Crippen LogP contribution in [0.2, 0.25) is 0 Å². The molecule has 0 atom stereocenters. The molecule has 0 spiro atoms. The molecule has 1 aromatic carbocycles. The van der Waals surface area contributed by atoms with Gasteiger partial charge in [0.2, 0.25) is 5.52 Å². The summed E-state index contributed by atoms with van der Waals surface area (Å²) in [6, 6.07) is 8.25. The Bertz CT molecular complexity index is 466. The number of benzene rings is 1. The van der Waals surface area contributed by atoms with Crippen LogP contribution in [0.1, 0.15) is 5.69 Å². The van der Waals surface area contributed by atoms with Gasteiger partial charge in [0.05, 0.1) is 5.39 Å². The summed E-state index contributed by atoms with van der Waals surface area (Å²) in [5, 5.41) is 21.4. The third kappa shape index (κ3) is 1.18. The number of fused-ring (bicyclic) bond motifs is 1. The molecule has 66 valence electrons. The molecular formula is C10H9NO2. The van der Waals surface area contributed by atoms with Gasteiger partial charge in [-0.05, 0) is 18.2 Å². The molecule has 2 rings (SSSR count). The van der Waals surface area contributed by atoms with Gasteiger partial charge in [-0.3, -0.25) is 0 Å². The number of rotatable bonds is 0. The Labute approximate surface area is 75.5 Å². The largest absolute Gasteiger partial charge is 0.618 e. The summed E-state index contributed by atoms with van der Waals surface area (Å²) in [6.07, 6.45) is 0. The van der Waals surface area contributed by atoms with E-state index in [1.807, 2.05) is 6.07 Å². The lowest BCUT2D eigenvalue weighted by Gasteiger charge is -2.03. The smallest absolute Gasteiger partial charge is 0.224 e. The summed E-state index contributed by atoms with van der Waals surface area (Å²) in [5.74, 6) is 0.177. The van der Waals surface area contributed by atoms with Crippen molar-refractivity contribution in [3.63, 3.8) is 0 Å². The molecule has 3 heteroatoms. The molecule has 3 nitrogen and oxygen atoms in total. The number of aromatic nitrogens is 1. The van der Waals surface area contributed by atoms with Gasteiger partial charge in [0.15, 0.2) is 5.69 Å². The van der Waals surface area contributed by atoms with E-state index in [9.17, 15) is 10.3 Å². The molecule has 0 aliphatic rings. The zero-order valence-electron chi connectivity index (χ0n) is 7.19. The monoisotopic (exact) mass is 175 g/mol. The number of phenolic OH excluding ortho intramolecular Hbond substituents is 1. The van der Waals surface area contributed by atoms with Gasteiger partial charge in [-0.1, -0.05) is 0 Å². The highest BCUT2D eigenvalue weighted by molar-refractivity contribution is 5.77. The topological polar surface area (TPSA) is 47.2 Å². The van der Waals surface area contributed by atoms with Crippen LogP contribution in [0, 0.1) is 12.1 Å². The van der Waals surface area contributed by atoms with Crippen LogP contribution < -0.4 is 4.73 Å². The first-order valence-electron chi connectivity index (χ1n) is 4.00. The number of hydrogen-bond acceptors (Lipinski definition) is 2. The first-order chi connectivity index (χ1) is 6.18. The van der Waals surface area contributed by atoms with Gasteiger partial charge in [0, 0.05) is 19.1 Å². The van der Waals surface area contributed by atoms with Crippen molar-refractivity contribution in [3.05, 3.63) is 41.2 Å². The first kappa shape index (κ1) is 7.86. The zero-order chi connectivity index (χ0) is 9.42. The molecular weight excluding hydrogens is 166 g/mol. The molecule has 0 amide bonds. The fourth-order valence-corrected chi connectivity index (χ4v) is 1.33. The molecule has 13 heavy (non-hydrogen) atoms. The molecule has 0 fully saturated rings. The molecule has 0 radical (unpaired) electrons. The minimum absolute atomic E-state index is 0.177. The van der Waals surface area contributed by atoms with Crippen molar-refractivity contribution in [2.75, 3.05) is 0 Å². The van der Waals surface area contributed by atoms with E-state index in [2.05, 4.69) is 0 Å². The SMILES string of the molecule is Cc1ccc2cc(O)ccc2[n+]1[O-]. The van der Waals surface area contributed by atoms with Crippen LogP contribution in [0.3, 0.4) is 0 Å². The molecule has 0 unspecified atom stereocenters. The van der Waals surface area contributed by atoms with Gasteiger partial charge >= 0.3 is 0 Å². The van der Waals surface area contributed by atoms with Gasteiger partial charge < -0.3 is 10.3 Å². The number of phenols is 1. The lowest BCUT2D eigenvalue weighted by atomic mass is 10.2. The Morgan fingerprint density at radius 3 is 2.77 bits per heavy atom. The van der Waals surface area contributed by atoms with Gasteiger partial charge in [0.25, 0.3) is 0 Å². The molecule has 0 saturated carbocycles. The summed E-state index contributed by atoms with van der Waals surface area (Å²) >= 11 is 0. The molecule has 1 aromatic heterocycles. The molecule has 0 aliphatic heterocycles. The number of hydrogen-bond donors (Lipinski definition) is 1. The van der Waals surface area contributed by atoms with E-state index in [0.29, 0.717) is 11.2 Å². The van der Waals surface area contributed by atoms with Crippen molar-refractivity contribution in [2.24, 2.45) is 0 Å². The Kier molecular flexibility index (Phi) is 1.59. The van der Waals surface area contributed by atoms with Gasteiger partial charge in [-0.25, -0.2) is 0 Å². The maximum absolute atomic E-state index is 11.5. The van der Waals surface area contributed by atoms with Crippen molar-refractivity contribution < 1.29 is 9.84 Å². The van der Waals surface area contributed by atoms with Crippen molar-refractivity contribution in [3.8, 4) is 5.75 Å². The van der Waals surface area contributed by atoms with Crippen molar-refractivity contribution >= 4 is 10.9 Å². The normalized spacial score (nSPS) is 10.5. The summed E-state index contributed by atoms with van der Waals surface area (Å²) in [5.41, 5.74) is 1.23. The van der Waals surface area contributed by atoms with Crippen LogP contribution in [-0.2, 0) is 0 Å². The van der Waals surface area contributed by atoms with Crippen LogP contribution >= 0.6 is 0 Å². The third-order valence-electron chi connectivity index (χ3n) is 2.05. The van der Waals surface area contributed by atoms with Crippen molar-refractivity contribution in [1.82, 2.24) is 0 Å². The van der Waals surface area contributed by atoms with Crippen molar-refractivity contribution in [1.29, 1.82) is 0 Å². The van der Waals surface area contributed by atoms with Crippen LogP contribution in [0.15, 0.2) is 30.3 Å². The first-order valence-corrected chi connectivity index (χ1v) is 4.00. The van der Waals surface area contributed by atoms with Gasteiger partial charge in [0.1, 0.15) is 5.75 Å². The van der Waals surface area contributed by atoms with Crippen LogP contribution in [0.4, 0.5) is 0 Å². The van der Waals surface area contributed by atoms with E-state index in [4.69, 9.17) is 0 Å². The average Bonchev–Trinajstić information content (AvgIpc) is 2.12. The minimum atomic E-state index is 0.177. The quantitative estimate of drug-likeness (QED) is 0.487. The predicted octanol–water partition coefficient (Wildman–Crippen LogP) is 1.49. The maximum atomic E-state index is 11.5. The van der Waals surface area contributed by atoms with E-state index in [1.54, 1.807) is 25.1 Å². The van der Waals surface area contributed by atoms with E-state index in [0.717, 1.165) is 10.1 Å². The van der Waals surface area contributed by atoms with Crippen molar-refractivity contribution in [2.45, 2.75) is 6.92 Å². The van der Waals surface area contributed by atoms with Crippen LogP contribution in [-0.4, -0.2) is 5.11 Å². The Balaban J connectivity index is 2.87. The zero-order valence-corrected chi connectivity index (χ0v) is 7.19. The summed E-state index contributed by atoms with van der Waals surface area (Å²) < 4.78 is 0.856. The van der Waals surface area contributed by atoms with Gasteiger partial charge in [-0.2, -0.15) is 4.73 Å². The minimum Gasteiger partial charge on any atom is -0.618 e. The standard InChI is InChI=1S/C10H9NO2/c1-7-2-3-8-6-9(12)4-5-10(8)11(7)13/h2-6,12H,1H3. The summed E-state index contributed by atoms with van der Waals surface area (Å²) in [7, 11) is 0. The average molecular weight is 175 g/mol. The number of aromatic hydroxyl groups is 1. The summed E-state index contributed by atoms with van der Waals surface area (Å²) in [6.45, 7) is 1.75. The lowest BCUT2D eigenvalue weighted by molar-refractivity contribution is -0.584. The molecule has 0 aliphatic carbocycles. The Morgan fingerprint density at radius 2 is 2.00 bits per heavy atom. The second-order valence-electron chi connectivity index (χ2n) is 3.01. The molecule has 1 N–H and O–H groups in total. The highest BCUT2D eigenvalue weighted by Crippen LogP contribution is 2.16. The van der Waals surface area contributed by atoms with Crippen LogP contribution in [0.25, 0.3) is 10.9 Å². The highest BCUT2D eigenvalue weighted by Gasteiger charge is 2.05. The Hall–Kier alpha value is -1.77. The lowest BCUT2D eigenvalue weighted by Crippen LogP contribution is -2.30. The van der Waals surface area contributed by atoms with E-state index >= 15 is 0 Å². The summed E-state index contributed by atoms with van der Waals surface area (Å²) in [4.78, 5) is 0. The van der Waals surface area contributed by atoms with Crippen LogP contribution in [0.5, 0.6) is 5.75 Å². The second-order valence-corrected chi connectivity index (χ2v) is 3.01. The molecule has 0 bridgehead atoms. The maximum Gasteiger partial charge on any atom is 0.224 e.